The number of ether oxygens (including phenoxy) is 2. The van der Waals surface area contributed by atoms with Gasteiger partial charge in [-0.05, 0) is 11.1 Å². The van der Waals surface area contributed by atoms with Gasteiger partial charge in [-0.2, -0.15) is 0 Å². The molecule has 0 saturated carbocycles. The van der Waals surface area contributed by atoms with Crippen molar-refractivity contribution in [2.24, 2.45) is 0 Å². The van der Waals surface area contributed by atoms with Gasteiger partial charge in [0.1, 0.15) is 13.2 Å². The van der Waals surface area contributed by atoms with Gasteiger partial charge >= 0.3 is 5.97 Å². The summed E-state index contributed by atoms with van der Waals surface area (Å²) in [5.41, 5.74) is 2.10. The average molecular weight is 320 g/mol. The van der Waals surface area contributed by atoms with Crippen LogP contribution in [0.5, 0.6) is 5.88 Å². The van der Waals surface area contributed by atoms with Crippen LogP contribution in [0.25, 0.3) is 0 Å². The van der Waals surface area contributed by atoms with Gasteiger partial charge in [-0.3, -0.25) is 0 Å². The Balaban J connectivity index is 1.53. The zero-order chi connectivity index (χ0) is 16.6. The molecule has 120 valence electrons. The van der Waals surface area contributed by atoms with E-state index in [2.05, 4.69) is 9.97 Å². The van der Waals surface area contributed by atoms with Gasteiger partial charge in [-0.1, -0.05) is 60.7 Å². The van der Waals surface area contributed by atoms with Crippen LogP contribution in [0, 0.1) is 0 Å². The molecule has 0 amide bonds. The molecule has 3 aromatic rings. The molecule has 0 aliphatic heterocycles. The fourth-order valence-corrected chi connectivity index (χ4v) is 2.02. The molecule has 0 spiro atoms. The lowest BCUT2D eigenvalue weighted by Gasteiger charge is -2.06. The SMILES string of the molecule is O=C(OCc1ccccc1)c1cnc(OCc2ccccc2)cn1. The van der Waals surface area contributed by atoms with E-state index in [0.29, 0.717) is 12.5 Å². The Bertz CT molecular complexity index is 775. The van der Waals surface area contributed by atoms with Crippen LogP contribution in [0.15, 0.2) is 73.1 Å². The highest BCUT2D eigenvalue weighted by atomic mass is 16.5. The van der Waals surface area contributed by atoms with E-state index in [-0.39, 0.29) is 12.3 Å². The van der Waals surface area contributed by atoms with Crippen molar-refractivity contribution in [1.82, 2.24) is 9.97 Å². The standard InChI is InChI=1S/C19H16N2O3/c22-19(24-14-16-9-5-2-6-10-16)17-11-21-18(12-20-17)23-13-15-7-3-1-4-8-15/h1-12H,13-14H2. The summed E-state index contributed by atoms with van der Waals surface area (Å²) in [7, 11) is 0. The third-order valence-electron chi connectivity index (χ3n) is 3.28. The van der Waals surface area contributed by atoms with Crippen molar-refractivity contribution < 1.29 is 14.3 Å². The van der Waals surface area contributed by atoms with Crippen LogP contribution in [0.3, 0.4) is 0 Å². The van der Waals surface area contributed by atoms with Crippen molar-refractivity contribution in [3.05, 3.63) is 89.9 Å². The molecule has 1 aromatic heterocycles. The van der Waals surface area contributed by atoms with Gasteiger partial charge in [0.2, 0.25) is 5.88 Å². The van der Waals surface area contributed by atoms with E-state index in [9.17, 15) is 4.79 Å². The fourth-order valence-electron chi connectivity index (χ4n) is 2.02. The molecule has 0 unspecified atom stereocenters. The van der Waals surface area contributed by atoms with Crippen LogP contribution in [0.1, 0.15) is 21.6 Å². The molecule has 0 radical (unpaired) electrons. The number of rotatable bonds is 6. The number of nitrogens with zero attached hydrogens (tertiary/aromatic N) is 2. The molecule has 0 N–H and O–H groups in total. The first-order valence-corrected chi connectivity index (χ1v) is 7.51. The molecule has 0 aliphatic rings. The first-order valence-electron chi connectivity index (χ1n) is 7.51. The summed E-state index contributed by atoms with van der Waals surface area (Å²) in [6, 6.07) is 19.2. The molecular weight excluding hydrogens is 304 g/mol. The maximum atomic E-state index is 11.9. The van der Waals surface area contributed by atoms with E-state index in [1.165, 1.54) is 12.4 Å². The second-order valence-corrected chi connectivity index (χ2v) is 5.08. The topological polar surface area (TPSA) is 61.3 Å². The number of aromatic nitrogens is 2. The zero-order valence-electron chi connectivity index (χ0n) is 13.0. The van der Waals surface area contributed by atoms with Gasteiger partial charge in [0.15, 0.2) is 5.69 Å². The van der Waals surface area contributed by atoms with Crippen molar-refractivity contribution in [2.75, 3.05) is 0 Å². The van der Waals surface area contributed by atoms with E-state index in [1.807, 2.05) is 60.7 Å². The number of esters is 1. The lowest BCUT2D eigenvalue weighted by molar-refractivity contribution is 0.0465. The molecule has 0 saturated heterocycles. The van der Waals surface area contributed by atoms with Gasteiger partial charge in [0.05, 0.1) is 12.4 Å². The van der Waals surface area contributed by atoms with Crippen molar-refractivity contribution in [3.8, 4) is 5.88 Å². The predicted octanol–water partition coefficient (Wildman–Crippen LogP) is 3.41. The normalized spacial score (nSPS) is 10.2. The molecular formula is C19H16N2O3. The Hall–Kier alpha value is -3.21. The third-order valence-corrected chi connectivity index (χ3v) is 3.28. The molecule has 3 rings (SSSR count). The summed E-state index contributed by atoms with van der Waals surface area (Å²) < 4.78 is 10.7. The van der Waals surface area contributed by atoms with Gasteiger partial charge in [-0.25, -0.2) is 14.8 Å². The largest absolute Gasteiger partial charge is 0.472 e. The number of benzene rings is 2. The van der Waals surface area contributed by atoms with E-state index in [4.69, 9.17) is 9.47 Å². The van der Waals surface area contributed by atoms with E-state index >= 15 is 0 Å². The highest BCUT2D eigenvalue weighted by Gasteiger charge is 2.10. The number of hydrogen-bond donors (Lipinski definition) is 0. The second kappa shape index (κ2) is 7.87. The van der Waals surface area contributed by atoms with Crippen LogP contribution in [-0.2, 0) is 18.0 Å². The Morgan fingerprint density at radius 2 is 1.42 bits per heavy atom. The van der Waals surface area contributed by atoms with Gasteiger partial charge in [-0.15, -0.1) is 0 Å². The number of hydrogen-bond acceptors (Lipinski definition) is 5. The Morgan fingerprint density at radius 3 is 2.00 bits per heavy atom. The summed E-state index contributed by atoms with van der Waals surface area (Å²) in [5, 5.41) is 0. The first-order chi connectivity index (χ1) is 11.8. The Morgan fingerprint density at radius 1 is 0.792 bits per heavy atom. The Labute approximate surface area is 139 Å². The fraction of sp³-hybridized carbons (Fsp3) is 0.105. The van der Waals surface area contributed by atoms with Crippen LogP contribution < -0.4 is 4.74 Å². The minimum absolute atomic E-state index is 0.151. The lowest BCUT2D eigenvalue weighted by atomic mass is 10.2. The highest BCUT2D eigenvalue weighted by Crippen LogP contribution is 2.09. The summed E-state index contributed by atoms with van der Waals surface area (Å²) in [5.74, 6) is -0.153. The molecule has 5 nitrogen and oxygen atoms in total. The number of carbonyl (C=O) groups excluding carboxylic acids is 1. The second-order valence-electron chi connectivity index (χ2n) is 5.08. The molecule has 1 heterocycles. The van der Waals surface area contributed by atoms with Gasteiger partial charge in [0.25, 0.3) is 0 Å². The van der Waals surface area contributed by atoms with Crippen LogP contribution in [0.4, 0.5) is 0 Å². The predicted molar refractivity (Wildman–Crippen MR) is 88.4 cm³/mol. The van der Waals surface area contributed by atoms with Crippen molar-refractivity contribution in [3.63, 3.8) is 0 Å². The zero-order valence-corrected chi connectivity index (χ0v) is 13.0. The maximum Gasteiger partial charge on any atom is 0.358 e. The maximum absolute atomic E-state index is 11.9. The minimum Gasteiger partial charge on any atom is -0.472 e. The van der Waals surface area contributed by atoms with E-state index in [1.54, 1.807) is 0 Å². The average Bonchev–Trinajstić information content (AvgIpc) is 2.66. The molecule has 0 fully saturated rings. The third kappa shape index (κ3) is 4.39. The van der Waals surface area contributed by atoms with Gasteiger partial charge in [0, 0.05) is 0 Å². The van der Waals surface area contributed by atoms with Crippen molar-refractivity contribution in [2.45, 2.75) is 13.2 Å². The monoisotopic (exact) mass is 320 g/mol. The minimum atomic E-state index is -0.513. The summed E-state index contributed by atoms with van der Waals surface area (Å²) in [6.07, 6.45) is 2.77. The van der Waals surface area contributed by atoms with Crippen molar-refractivity contribution in [1.29, 1.82) is 0 Å². The van der Waals surface area contributed by atoms with Crippen molar-refractivity contribution >= 4 is 5.97 Å². The molecule has 0 bridgehead atoms. The van der Waals surface area contributed by atoms with Crippen LogP contribution in [0.2, 0.25) is 0 Å². The highest BCUT2D eigenvalue weighted by molar-refractivity contribution is 5.86. The van der Waals surface area contributed by atoms with Crippen LogP contribution >= 0.6 is 0 Å². The number of carbonyl (C=O) groups is 1. The summed E-state index contributed by atoms with van der Waals surface area (Å²) in [4.78, 5) is 20.1. The molecule has 5 heteroatoms. The molecule has 0 atom stereocenters. The molecule has 0 aliphatic carbocycles. The first kappa shape index (κ1) is 15.7. The van der Waals surface area contributed by atoms with Crippen LogP contribution in [-0.4, -0.2) is 15.9 Å². The molecule has 24 heavy (non-hydrogen) atoms. The summed E-state index contributed by atoms with van der Waals surface area (Å²) >= 11 is 0. The summed E-state index contributed by atoms with van der Waals surface area (Å²) in [6.45, 7) is 0.598. The lowest BCUT2D eigenvalue weighted by Crippen LogP contribution is -2.08. The van der Waals surface area contributed by atoms with Gasteiger partial charge < -0.3 is 9.47 Å². The van der Waals surface area contributed by atoms with E-state index in [0.717, 1.165) is 11.1 Å². The smallest absolute Gasteiger partial charge is 0.358 e. The Kier molecular flexibility index (Phi) is 5.14. The molecule has 2 aromatic carbocycles. The van der Waals surface area contributed by atoms with E-state index < -0.39 is 5.97 Å². The quantitative estimate of drug-likeness (QED) is 0.651.